The Bertz CT molecular complexity index is 439. The molecule has 2 amide bonds. The smallest absolute Gasteiger partial charge is 0.317 e. The van der Waals surface area contributed by atoms with Gasteiger partial charge in [0.1, 0.15) is 5.75 Å². The van der Waals surface area contributed by atoms with E-state index in [-0.39, 0.29) is 12.1 Å². The number of aryl methyl sites for hydroxylation is 1. The number of carbonyl (C=O) groups is 1. The van der Waals surface area contributed by atoms with Gasteiger partial charge in [0.25, 0.3) is 0 Å². The molecule has 1 saturated heterocycles. The summed E-state index contributed by atoms with van der Waals surface area (Å²) in [6, 6.07) is 7.98. The van der Waals surface area contributed by atoms with Crippen LogP contribution in [0.25, 0.3) is 0 Å². The van der Waals surface area contributed by atoms with Crippen LogP contribution in [-0.4, -0.2) is 48.9 Å². The molecule has 21 heavy (non-hydrogen) atoms. The van der Waals surface area contributed by atoms with Gasteiger partial charge in [-0.3, -0.25) is 0 Å². The highest BCUT2D eigenvalue weighted by atomic mass is 16.5. The van der Waals surface area contributed by atoms with E-state index >= 15 is 0 Å². The number of methoxy groups -OCH3 is 1. The van der Waals surface area contributed by atoms with Crippen LogP contribution >= 0.6 is 0 Å². The first kappa shape index (κ1) is 15.6. The van der Waals surface area contributed by atoms with Crippen molar-refractivity contribution in [1.29, 1.82) is 0 Å². The van der Waals surface area contributed by atoms with E-state index in [0.717, 1.165) is 18.6 Å². The number of benzene rings is 1. The van der Waals surface area contributed by atoms with Crippen LogP contribution in [0.3, 0.4) is 0 Å². The quantitative estimate of drug-likeness (QED) is 0.813. The van der Waals surface area contributed by atoms with Gasteiger partial charge in [0.2, 0.25) is 0 Å². The van der Waals surface area contributed by atoms with E-state index in [0.29, 0.717) is 32.5 Å². The number of hydrogen-bond donors (Lipinski definition) is 2. The number of ether oxygens (including phenoxy) is 1. The lowest BCUT2D eigenvalue weighted by Crippen LogP contribution is -2.45. The van der Waals surface area contributed by atoms with Gasteiger partial charge in [-0.1, -0.05) is 12.1 Å². The van der Waals surface area contributed by atoms with E-state index in [1.165, 1.54) is 5.56 Å². The molecule has 1 aliphatic heterocycles. The zero-order valence-electron chi connectivity index (χ0n) is 12.5. The van der Waals surface area contributed by atoms with Crippen molar-refractivity contribution in [2.75, 3.05) is 26.7 Å². The minimum Gasteiger partial charge on any atom is -0.497 e. The van der Waals surface area contributed by atoms with Crippen LogP contribution in [-0.2, 0) is 6.42 Å². The molecule has 0 bridgehead atoms. The third-order valence-electron chi connectivity index (χ3n) is 3.83. The van der Waals surface area contributed by atoms with Gasteiger partial charge in [-0.05, 0) is 43.4 Å². The number of piperidine rings is 1. The third-order valence-corrected chi connectivity index (χ3v) is 3.83. The summed E-state index contributed by atoms with van der Waals surface area (Å²) in [5.74, 6) is 0.860. The van der Waals surface area contributed by atoms with Gasteiger partial charge >= 0.3 is 6.03 Å². The maximum atomic E-state index is 11.9. The summed E-state index contributed by atoms with van der Waals surface area (Å²) < 4.78 is 5.12. The SMILES string of the molecule is COc1ccc(CCCNC(=O)N2CCC(O)CC2)cc1. The Labute approximate surface area is 125 Å². The topological polar surface area (TPSA) is 61.8 Å². The van der Waals surface area contributed by atoms with E-state index in [4.69, 9.17) is 4.74 Å². The van der Waals surface area contributed by atoms with E-state index in [2.05, 4.69) is 5.32 Å². The van der Waals surface area contributed by atoms with Crippen LogP contribution in [0.2, 0.25) is 0 Å². The average Bonchev–Trinajstić information content (AvgIpc) is 2.52. The summed E-state index contributed by atoms with van der Waals surface area (Å²) >= 11 is 0. The number of likely N-dealkylation sites (tertiary alicyclic amines) is 1. The lowest BCUT2D eigenvalue weighted by atomic mass is 10.1. The molecule has 1 aromatic rings. The van der Waals surface area contributed by atoms with Crippen LogP contribution in [0.4, 0.5) is 4.79 Å². The Morgan fingerprint density at radius 3 is 2.62 bits per heavy atom. The summed E-state index contributed by atoms with van der Waals surface area (Å²) in [5, 5.41) is 12.4. The maximum absolute atomic E-state index is 11.9. The minimum atomic E-state index is -0.246. The molecule has 0 spiro atoms. The van der Waals surface area contributed by atoms with Crippen molar-refractivity contribution >= 4 is 6.03 Å². The molecule has 1 aromatic carbocycles. The van der Waals surface area contributed by atoms with Crippen molar-refractivity contribution in [2.24, 2.45) is 0 Å². The molecule has 2 rings (SSSR count). The largest absolute Gasteiger partial charge is 0.497 e. The van der Waals surface area contributed by atoms with Crippen molar-refractivity contribution in [2.45, 2.75) is 31.8 Å². The number of carbonyl (C=O) groups excluding carboxylic acids is 1. The van der Waals surface area contributed by atoms with Crippen LogP contribution < -0.4 is 10.1 Å². The Morgan fingerprint density at radius 1 is 1.33 bits per heavy atom. The molecule has 0 aliphatic carbocycles. The van der Waals surface area contributed by atoms with E-state index in [1.54, 1.807) is 12.0 Å². The standard InChI is InChI=1S/C16H24N2O3/c1-21-15-6-4-13(5-7-15)3-2-10-17-16(20)18-11-8-14(19)9-12-18/h4-7,14,19H,2-3,8-12H2,1H3,(H,17,20). The van der Waals surface area contributed by atoms with Crippen LogP contribution in [0.5, 0.6) is 5.75 Å². The second kappa shape index (κ2) is 7.88. The Kier molecular flexibility index (Phi) is 5.87. The second-order valence-corrected chi connectivity index (χ2v) is 5.40. The molecule has 0 unspecified atom stereocenters. The van der Waals surface area contributed by atoms with Gasteiger partial charge in [-0.15, -0.1) is 0 Å². The van der Waals surface area contributed by atoms with E-state index < -0.39 is 0 Å². The van der Waals surface area contributed by atoms with E-state index in [1.807, 2.05) is 24.3 Å². The minimum absolute atomic E-state index is 0.0170. The van der Waals surface area contributed by atoms with Gasteiger partial charge < -0.3 is 20.1 Å². The van der Waals surface area contributed by atoms with Crippen molar-refractivity contribution in [3.05, 3.63) is 29.8 Å². The van der Waals surface area contributed by atoms with Crippen LogP contribution in [0, 0.1) is 0 Å². The average molecular weight is 292 g/mol. The predicted molar refractivity (Wildman–Crippen MR) is 81.5 cm³/mol. The van der Waals surface area contributed by atoms with Crippen molar-refractivity contribution in [1.82, 2.24) is 10.2 Å². The summed E-state index contributed by atoms with van der Waals surface area (Å²) in [5.41, 5.74) is 1.24. The van der Waals surface area contributed by atoms with Crippen molar-refractivity contribution < 1.29 is 14.6 Å². The molecule has 5 heteroatoms. The number of rotatable bonds is 5. The molecule has 1 aliphatic rings. The lowest BCUT2D eigenvalue weighted by Gasteiger charge is -2.29. The normalized spacial score (nSPS) is 15.8. The molecule has 2 N–H and O–H groups in total. The molecule has 0 saturated carbocycles. The highest BCUT2D eigenvalue weighted by molar-refractivity contribution is 5.74. The fourth-order valence-corrected chi connectivity index (χ4v) is 2.46. The molecule has 1 heterocycles. The Balaban J connectivity index is 1.63. The molecule has 0 aromatic heterocycles. The molecular weight excluding hydrogens is 268 g/mol. The van der Waals surface area contributed by atoms with E-state index in [9.17, 15) is 9.90 Å². The third kappa shape index (κ3) is 4.93. The molecule has 5 nitrogen and oxygen atoms in total. The zero-order valence-corrected chi connectivity index (χ0v) is 12.5. The number of nitrogens with one attached hydrogen (secondary N) is 1. The molecule has 0 radical (unpaired) electrons. The number of amides is 2. The number of aliphatic hydroxyl groups is 1. The summed E-state index contributed by atoms with van der Waals surface area (Å²) in [7, 11) is 1.66. The van der Waals surface area contributed by atoms with Crippen molar-refractivity contribution in [3.8, 4) is 5.75 Å². The maximum Gasteiger partial charge on any atom is 0.317 e. The number of hydrogen-bond acceptors (Lipinski definition) is 3. The molecule has 116 valence electrons. The highest BCUT2D eigenvalue weighted by Gasteiger charge is 2.20. The number of aliphatic hydroxyl groups excluding tert-OH is 1. The summed E-state index contributed by atoms with van der Waals surface area (Å²) in [6.45, 7) is 1.96. The Morgan fingerprint density at radius 2 is 2.00 bits per heavy atom. The van der Waals surface area contributed by atoms with Crippen LogP contribution in [0.1, 0.15) is 24.8 Å². The summed E-state index contributed by atoms with van der Waals surface area (Å²) in [4.78, 5) is 13.7. The number of urea groups is 1. The first-order valence-electron chi connectivity index (χ1n) is 7.53. The first-order chi connectivity index (χ1) is 10.2. The zero-order chi connectivity index (χ0) is 15.1. The second-order valence-electron chi connectivity index (χ2n) is 5.40. The monoisotopic (exact) mass is 292 g/mol. The fraction of sp³-hybridized carbons (Fsp3) is 0.562. The molecule has 1 fully saturated rings. The van der Waals surface area contributed by atoms with Gasteiger partial charge in [0, 0.05) is 19.6 Å². The molecule has 0 atom stereocenters. The lowest BCUT2D eigenvalue weighted by molar-refractivity contribution is 0.0937. The fourth-order valence-electron chi connectivity index (χ4n) is 2.46. The summed E-state index contributed by atoms with van der Waals surface area (Å²) in [6.07, 6.45) is 2.96. The van der Waals surface area contributed by atoms with Gasteiger partial charge in [0.05, 0.1) is 13.2 Å². The van der Waals surface area contributed by atoms with Crippen molar-refractivity contribution in [3.63, 3.8) is 0 Å². The molecular formula is C16H24N2O3. The highest BCUT2D eigenvalue weighted by Crippen LogP contribution is 2.12. The first-order valence-corrected chi connectivity index (χ1v) is 7.53. The van der Waals surface area contributed by atoms with Gasteiger partial charge in [-0.2, -0.15) is 0 Å². The van der Waals surface area contributed by atoms with Gasteiger partial charge in [0.15, 0.2) is 0 Å². The Hall–Kier alpha value is -1.75. The predicted octanol–water partition coefficient (Wildman–Crippen LogP) is 1.79. The van der Waals surface area contributed by atoms with Crippen LogP contribution in [0.15, 0.2) is 24.3 Å². The number of nitrogens with zero attached hydrogens (tertiary/aromatic N) is 1. The van der Waals surface area contributed by atoms with Gasteiger partial charge in [-0.25, -0.2) is 4.79 Å².